The molecule has 0 bridgehead atoms. The molecule has 3 aliphatic rings. The average molecular weight is 392 g/mol. The molecule has 8 heteroatoms. The SMILES string of the molecule is O=C1c2ccccc2C(=O)N1CCCCS(=O)(=O)N1CC[C@@]2(CCOC2)C1. The van der Waals surface area contributed by atoms with E-state index in [4.69, 9.17) is 4.74 Å². The molecule has 0 unspecified atom stereocenters. The molecule has 2 fully saturated rings. The smallest absolute Gasteiger partial charge is 0.261 e. The number of hydrogen-bond donors (Lipinski definition) is 0. The number of ether oxygens (including phenoxy) is 1. The summed E-state index contributed by atoms with van der Waals surface area (Å²) in [7, 11) is -3.31. The quantitative estimate of drug-likeness (QED) is 0.541. The van der Waals surface area contributed by atoms with Crippen LogP contribution < -0.4 is 0 Å². The van der Waals surface area contributed by atoms with Crippen LogP contribution in [0.25, 0.3) is 0 Å². The molecule has 4 rings (SSSR count). The van der Waals surface area contributed by atoms with Crippen molar-refractivity contribution >= 4 is 21.8 Å². The van der Waals surface area contributed by atoms with Crippen molar-refractivity contribution in [2.75, 3.05) is 38.6 Å². The fourth-order valence-electron chi connectivity index (χ4n) is 4.23. The van der Waals surface area contributed by atoms with Crippen LogP contribution in [0, 0.1) is 5.41 Å². The Morgan fingerprint density at radius 3 is 2.37 bits per heavy atom. The molecule has 0 aliphatic carbocycles. The maximum atomic E-state index is 12.6. The van der Waals surface area contributed by atoms with Crippen LogP contribution in [-0.4, -0.2) is 68.0 Å². The Morgan fingerprint density at radius 2 is 1.74 bits per heavy atom. The summed E-state index contributed by atoms with van der Waals surface area (Å²) in [5, 5.41) is 0. The number of hydrogen-bond acceptors (Lipinski definition) is 5. The highest BCUT2D eigenvalue weighted by Crippen LogP contribution is 2.39. The van der Waals surface area contributed by atoms with Gasteiger partial charge in [0.15, 0.2) is 0 Å². The van der Waals surface area contributed by atoms with E-state index in [1.807, 2.05) is 0 Å². The van der Waals surface area contributed by atoms with Crippen LogP contribution >= 0.6 is 0 Å². The molecule has 27 heavy (non-hydrogen) atoms. The van der Waals surface area contributed by atoms with Gasteiger partial charge in [-0.25, -0.2) is 12.7 Å². The number of carbonyl (C=O) groups excluding carboxylic acids is 2. The van der Waals surface area contributed by atoms with Gasteiger partial charge in [0.05, 0.1) is 23.5 Å². The van der Waals surface area contributed by atoms with Crippen LogP contribution in [0.5, 0.6) is 0 Å². The monoisotopic (exact) mass is 392 g/mol. The first-order valence-electron chi connectivity index (χ1n) is 9.43. The highest BCUT2D eigenvalue weighted by molar-refractivity contribution is 7.89. The molecule has 0 aromatic heterocycles. The lowest BCUT2D eigenvalue weighted by Crippen LogP contribution is -2.34. The van der Waals surface area contributed by atoms with Crippen LogP contribution in [0.1, 0.15) is 46.4 Å². The molecule has 3 aliphatic heterocycles. The predicted octanol–water partition coefficient (Wildman–Crippen LogP) is 1.51. The summed E-state index contributed by atoms with van der Waals surface area (Å²) in [6, 6.07) is 6.77. The number of sulfonamides is 1. The second-order valence-electron chi connectivity index (χ2n) is 7.72. The van der Waals surface area contributed by atoms with E-state index in [0.29, 0.717) is 50.3 Å². The van der Waals surface area contributed by atoms with Gasteiger partial charge in [0.1, 0.15) is 0 Å². The van der Waals surface area contributed by atoms with Crippen LogP contribution in [-0.2, 0) is 14.8 Å². The van der Waals surface area contributed by atoms with Crippen LogP contribution in [0.2, 0.25) is 0 Å². The zero-order valence-corrected chi connectivity index (χ0v) is 16.0. The number of fused-ring (bicyclic) bond motifs is 1. The number of imide groups is 1. The van der Waals surface area contributed by atoms with Crippen molar-refractivity contribution in [2.24, 2.45) is 5.41 Å². The van der Waals surface area contributed by atoms with E-state index >= 15 is 0 Å². The van der Waals surface area contributed by atoms with Gasteiger partial charge >= 0.3 is 0 Å². The maximum absolute atomic E-state index is 12.6. The first-order valence-corrected chi connectivity index (χ1v) is 11.0. The third-order valence-electron chi connectivity index (χ3n) is 5.89. The number of carbonyl (C=O) groups is 2. The summed E-state index contributed by atoms with van der Waals surface area (Å²) < 4.78 is 32.3. The topological polar surface area (TPSA) is 84.0 Å². The minimum atomic E-state index is -3.31. The van der Waals surface area contributed by atoms with Crippen LogP contribution in [0.4, 0.5) is 0 Å². The standard InChI is InChI=1S/C19H24N2O5S/c22-17-15-5-1-2-6-16(15)18(23)21(17)9-3-4-12-27(24,25)20-10-7-19(13-20)8-11-26-14-19/h1-2,5-6H,3-4,7-14H2/t19-/m1/s1. The van der Waals surface area contributed by atoms with Crippen LogP contribution in [0.3, 0.4) is 0 Å². The maximum Gasteiger partial charge on any atom is 0.261 e. The Hall–Kier alpha value is -1.77. The van der Waals surface area contributed by atoms with E-state index in [0.717, 1.165) is 12.8 Å². The van der Waals surface area contributed by atoms with Crippen LogP contribution in [0.15, 0.2) is 24.3 Å². The first-order chi connectivity index (χ1) is 12.9. The molecule has 0 saturated carbocycles. The molecular weight excluding hydrogens is 368 g/mol. The molecule has 1 aromatic rings. The molecule has 3 heterocycles. The van der Waals surface area contributed by atoms with Gasteiger partial charge in [-0.3, -0.25) is 14.5 Å². The van der Waals surface area contributed by atoms with Gasteiger partial charge in [-0.05, 0) is 37.8 Å². The second-order valence-corrected chi connectivity index (χ2v) is 9.81. The summed E-state index contributed by atoms with van der Waals surface area (Å²) >= 11 is 0. The minimum Gasteiger partial charge on any atom is -0.381 e. The fourth-order valence-corrected chi connectivity index (χ4v) is 5.90. The molecule has 7 nitrogen and oxygen atoms in total. The predicted molar refractivity (Wildman–Crippen MR) is 98.9 cm³/mol. The van der Waals surface area contributed by atoms with E-state index in [-0.39, 0.29) is 29.5 Å². The Balaban J connectivity index is 1.28. The average Bonchev–Trinajstić information content (AvgIpc) is 3.36. The Morgan fingerprint density at radius 1 is 1.04 bits per heavy atom. The largest absolute Gasteiger partial charge is 0.381 e. The number of amides is 2. The first kappa shape index (κ1) is 18.6. The minimum absolute atomic E-state index is 0.00718. The van der Waals surface area contributed by atoms with Crippen molar-refractivity contribution in [3.63, 3.8) is 0 Å². The summed E-state index contributed by atoms with van der Waals surface area (Å²) in [4.78, 5) is 25.9. The van der Waals surface area contributed by atoms with Crippen molar-refractivity contribution < 1.29 is 22.7 Å². The summed E-state index contributed by atoms with van der Waals surface area (Å²) in [5.41, 5.74) is 0.861. The van der Waals surface area contributed by atoms with Crippen molar-refractivity contribution in [2.45, 2.75) is 25.7 Å². The van der Waals surface area contributed by atoms with E-state index in [1.165, 1.54) is 4.90 Å². The summed E-state index contributed by atoms with van der Waals surface area (Å²) in [5.74, 6) is -0.532. The van der Waals surface area contributed by atoms with Gasteiger partial charge in [-0.2, -0.15) is 0 Å². The second kappa shape index (κ2) is 7.00. The highest BCUT2D eigenvalue weighted by Gasteiger charge is 2.44. The lowest BCUT2D eigenvalue weighted by molar-refractivity contribution is 0.0652. The molecule has 0 radical (unpaired) electrons. The molecule has 2 amide bonds. The van der Waals surface area contributed by atoms with E-state index in [2.05, 4.69) is 0 Å². The number of rotatable bonds is 6. The molecule has 1 spiro atoms. The zero-order chi connectivity index (χ0) is 19.1. The van der Waals surface area contributed by atoms with Gasteiger partial charge < -0.3 is 4.74 Å². The molecule has 1 atom stereocenters. The molecule has 0 N–H and O–H groups in total. The lowest BCUT2D eigenvalue weighted by atomic mass is 9.87. The van der Waals surface area contributed by atoms with Gasteiger partial charge in [0, 0.05) is 31.7 Å². The molecule has 146 valence electrons. The van der Waals surface area contributed by atoms with Gasteiger partial charge in [0.25, 0.3) is 11.8 Å². The number of unbranched alkanes of at least 4 members (excludes halogenated alkanes) is 1. The normalized spacial score (nSPS) is 25.7. The van der Waals surface area contributed by atoms with Crippen molar-refractivity contribution in [3.05, 3.63) is 35.4 Å². The van der Waals surface area contributed by atoms with Gasteiger partial charge in [-0.15, -0.1) is 0 Å². The number of nitrogens with zero attached hydrogens (tertiary/aromatic N) is 2. The third kappa shape index (κ3) is 3.41. The summed E-state index contributed by atoms with van der Waals surface area (Å²) in [6.45, 7) is 2.73. The highest BCUT2D eigenvalue weighted by atomic mass is 32.2. The van der Waals surface area contributed by atoms with E-state index in [9.17, 15) is 18.0 Å². The van der Waals surface area contributed by atoms with Crippen molar-refractivity contribution in [1.82, 2.24) is 9.21 Å². The lowest BCUT2D eigenvalue weighted by Gasteiger charge is -2.22. The Kier molecular flexibility index (Phi) is 4.82. The van der Waals surface area contributed by atoms with Crippen molar-refractivity contribution in [1.29, 1.82) is 0 Å². The molecule has 2 saturated heterocycles. The molecular formula is C19H24N2O5S. The number of benzene rings is 1. The van der Waals surface area contributed by atoms with Gasteiger partial charge in [-0.1, -0.05) is 12.1 Å². The zero-order valence-electron chi connectivity index (χ0n) is 15.2. The Labute approximate surface area is 159 Å². The van der Waals surface area contributed by atoms with E-state index < -0.39 is 10.0 Å². The fraction of sp³-hybridized carbons (Fsp3) is 0.579. The van der Waals surface area contributed by atoms with Gasteiger partial charge in [0.2, 0.25) is 10.0 Å². The summed E-state index contributed by atoms with van der Waals surface area (Å²) in [6.07, 6.45) is 2.70. The third-order valence-corrected chi connectivity index (χ3v) is 7.80. The van der Waals surface area contributed by atoms with E-state index in [1.54, 1.807) is 28.6 Å². The molecule has 1 aromatic carbocycles. The van der Waals surface area contributed by atoms with Crippen molar-refractivity contribution in [3.8, 4) is 0 Å². The Bertz CT molecular complexity index is 826.